The molecule has 1 atom stereocenters. The topological polar surface area (TPSA) is 60.7 Å². The first-order chi connectivity index (χ1) is 14.3. The summed E-state index contributed by atoms with van der Waals surface area (Å²) < 4.78 is 13.0. The maximum atomic E-state index is 12.9. The number of ether oxygens (including phenoxy) is 2. The van der Waals surface area contributed by atoms with Crippen molar-refractivity contribution in [2.24, 2.45) is 0 Å². The van der Waals surface area contributed by atoms with Gasteiger partial charge in [0.25, 0.3) is 0 Å². The molecule has 4 aromatic rings. The van der Waals surface area contributed by atoms with Crippen LogP contribution in [0.15, 0.2) is 91.0 Å². The molecule has 29 heavy (non-hydrogen) atoms. The predicted octanol–water partition coefficient (Wildman–Crippen LogP) is 4.94. The first-order valence-electron chi connectivity index (χ1n) is 9.40. The van der Waals surface area contributed by atoms with Crippen LogP contribution in [0.2, 0.25) is 0 Å². The van der Waals surface area contributed by atoms with Crippen molar-refractivity contribution in [3.63, 3.8) is 0 Å². The monoisotopic (exact) mass is 387 g/mol. The number of hydrogen-bond donors (Lipinski definition) is 1. The van der Waals surface area contributed by atoms with Gasteiger partial charge >= 0.3 is 6.09 Å². The number of benzene rings is 3. The number of aliphatic hydroxyl groups excluding tert-OH is 1. The van der Waals surface area contributed by atoms with Crippen molar-refractivity contribution >= 4 is 17.0 Å². The Morgan fingerprint density at radius 1 is 0.897 bits per heavy atom. The van der Waals surface area contributed by atoms with Crippen LogP contribution >= 0.6 is 0 Å². The Morgan fingerprint density at radius 3 is 2.28 bits per heavy atom. The van der Waals surface area contributed by atoms with E-state index < -0.39 is 12.2 Å². The minimum atomic E-state index is -0.596. The third-order valence-corrected chi connectivity index (χ3v) is 4.66. The molecule has 5 nitrogen and oxygen atoms in total. The van der Waals surface area contributed by atoms with Gasteiger partial charge in [0, 0.05) is 11.5 Å². The summed E-state index contributed by atoms with van der Waals surface area (Å²) in [5.74, 6) is 0.326. The number of rotatable bonds is 6. The standard InChI is InChI=1S/C24H21NO4/c26-16-22(19-11-5-2-6-12-19)29-23-15-20-13-7-8-14-21(20)25(23)24(27)28-17-18-9-3-1-4-10-18/h1-15,22,26H,16-17H2. The highest BCUT2D eigenvalue weighted by molar-refractivity contribution is 5.92. The predicted molar refractivity (Wildman–Crippen MR) is 111 cm³/mol. The van der Waals surface area contributed by atoms with Crippen molar-refractivity contribution in [1.82, 2.24) is 4.57 Å². The molecule has 0 fully saturated rings. The summed E-state index contributed by atoms with van der Waals surface area (Å²) in [4.78, 5) is 12.9. The minimum Gasteiger partial charge on any atom is -0.468 e. The van der Waals surface area contributed by atoms with Gasteiger partial charge in [-0.15, -0.1) is 0 Å². The second-order valence-corrected chi connectivity index (χ2v) is 6.62. The number of hydrogen-bond acceptors (Lipinski definition) is 4. The molecule has 1 heterocycles. The molecule has 0 saturated carbocycles. The molecule has 0 aliphatic heterocycles. The maximum Gasteiger partial charge on any atom is 0.421 e. The van der Waals surface area contributed by atoms with Gasteiger partial charge in [0.15, 0.2) is 0 Å². The third-order valence-electron chi connectivity index (χ3n) is 4.66. The Bertz CT molecular complexity index is 1090. The Kier molecular flexibility index (Phi) is 5.59. The van der Waals surface area contributed by atoms with Crippen molar-refractivity contribution in [2.45, 2.75) is 12.7 Å². The lowest BCUT2D eigenvalue weighted by atomic mass is 10.1. The number of aromatic nitrogens is 1. The van der Waals surface area contributed by atoms with Crippen LogP contribution in [0, 0.1) is 0 Å². The van der Waals surface area contributed by atoms with Crippen LogP contribution < -0.4 is 4.74 Å². The van der Waals surface area contributed by atoms with E-state index in [9.17, 15) is 9.90 Å². The van der Waals surface area contributed by atoms with Gasteiger partial charge in [-0.2, -0.15) is 0 Å². The molecule has 5 heteroatoms. The zero-order chi connectivity index (χ0) is 20.1. The summed E-state index contributed by atoms with van der Waals surface area (Å²) in [6.07, 6.45) is -1.13. The molecular weight excluding hydrogens is 366 g/mol. The van der Waals surface area contributed by atoms with Gasteiger partial charge in [0.05, 0.1) is 12.1 Å². The van der Waals surface area contributed by atoms with E-state index >= 15 is 0 Å². The van der Waals surface area contributed by atoms with Crippen LogP contribution in [-0.4, -0.2) is 22.4 Å². The van der Waals surface area contributed by atoms with E-state index in [1.807, 2.05) is 84.9 Å². The third kappa shape index (κ3) is 4.15. The van der Waals surface area contributed by atoms with E-state index in [-0.39, 0.29) is 13.2 Å². The molecule has 1 N–H and O–H groups in total. The molecule has 0 spiro atoms. The van der Waals surface area contributed by atoms with E-state index in [4.69, 9.17) is 9.47 Å². The lowest BCUT2D eigenvalue weighted by Gasteiger charge is -2.18. The van der Waals surface area contributed by atoms with Crippen LogP contribution in [-0.2, 0) is 11.3 Å². The Labute approximate surface area is 168 Å². The highest BCUT2D eigenvalue weighted by atomic mass is 16.6. The first kappa shape index (κ1) is 18.8. The molecule has 1 unspecified atom stereocenters. The van der Waals surface area contributed by atoms with Crippen molar-refractivity contribution in [2.75, 3.05) is 6.61 Å². The van der Waals surface area contributed by atoms with Gasteiger partial charge in [-0.1, -0.05) is 78.9 Å². The van der Waals surface area contributed by atoms with Crippen LogP contribution in [0.4, 0.5) is 4.79 Å². The van der Waals surface area contributed by atoms with Crippen molar-refractivity contribution in [1.29, 1.82) is 0 Å². The molecule has 0 aliphatic carbocycles. The Balaban J connectivity index is 1.64. The van der Waals surface area contributed by atoms with Crippen molar-refractivity contribution in [3.8, 4) is 5.88 Å². The lowest BCUT2D eigenvalue weighted by molar-refractivity contribution is 0.102. The van der Waals surface area contributed by atoms with E-state index in [0.717, 1.165) is 16.5 Å². The number of carbonyl (C=O) groups is 1. The zero-order valence-electron chi connectivity index (χ0n) is 15.8. The molecule has 0 amide bonds. The van der Waals surface area contributed by atoms with Crippen LogP contribution in [0.3, 0.4) is 0 Å². The van der Waals surface area contributed by atoms with E-state index in [1.165, 1.54) is 4.57 Å². The minimum absolute atomic E-state index is 0.160. The van der Waals surface area contributed by atoms with Gasteiger partial charge in [-0.05, 0) is 17.2 Å². The van der Waals surface area contributed by atoms with Crippen LogP contribution in [0.25, 0.3) is 10.9 Å². The Hall–Kier alpha value is -3.57. The fourth-order valence-electron chi connectivity index (χ4n) is 3.21. The molecule has 0 aliphatic rings. The molecule has 146 valence electrons. The zero-order valence-corrected chi connectivity index (χ0v) is 15.8. The van der Waals surface area contributed by atoms with Crippen LogP contribution in [0.5, 0.6) is 5.88 Å². The summed E-state index contributed by atoms with van der Waals surface area (Å²) >= 11 is 0. The van der Waals surface area contributed by atoms with Gasteiger partial charge < -0.3 is 14.6 Å². The highest BCUT2D eigenvalue weighted by Crippen LogP contribution is 2.29. The smallest absolute Gasteiger partial charge is 0.421 e. The van der Waals surface area contributed by atoms with Gasteiger partial charge in [0.1, 0.15) is 12.7 Å². The molecule has 3 aromatic carbocycles. The molecule has 0 saturated heterocycles. The SMILES string of the molecule is O=C(OCc1ccccc1)n1c(OC(CO)c2ccccc2)cc2ccccc21. The van der Waals surface area contributed by atoms with Crippen molar-refractivity contribution < 1.29 is 19.4 Å². The second kappa shape index (κ2) is 8.63. The van der Waals surface area contributed by atoms with Gasteiger partial charge in [-0.3, -0.25) is 0 Å². The summed E-state index contributed by atoms with van der Waals surface area (Å²) in [5, 5.41) is 10.7. The number of fused-ring (bicyclic) bond motifs is 1. The quantitative estimate of drug-likeness (QED) is 0.509. The maximum absolute atomic E-state index is 12.9. The van der Waals surface area contributed by atoms with Gasteiger partial charge in [0.2, 0.25) is 5.88 Å². The second-order valence-electron chi connectivity index (χ2n) is 6.62. The summed E-state index contributed by atoms with van der Waals surface area (Å²) in [6, 6.07) is 28.2. The summed E-state index contributed by atoms with van der Waals surface area (Å²) in [5.41, 5.74) is 2.41. The van der Waals surface area contributed by atoms with Crippen LogP contribution in [0.1, 0.15) is 17.2 Å². The average molecular weight is 387 g/mol. The Morgan fingerprint density at radius 2 is 1.55 bits per heavy atom. The van der Waals surface area contributed by atoms with E-state index in [1.54, 1.807) is 6.07 Å². The van der Waals surface area contributed by atoms with Crippen molar-refractivity contribution in [3.05, 3.63) is 102 Å². The molecule has 4 rings (SSSR count). The van der Waals surface area contributed by atoms with E-state index in [0.29, 0.717) is 11.4 Å². The van der Waals surface area contributed by atoms with Gasteiger partial charge in [-0.25, -0.2) is 9.36 Å². The average Bonchev–Trinajstić information content (AvgIpc) is 3.15. The number of aliphatic hydroxyl groups is 1. The normalized spacial score (nSPS) is 11.9. The first-order valence-corrected chi connectivity index (χ1v) is 9.40. The molecule has 1 aromatic heterocycles. The number of carbonyl (C=O) groups excluding carboxylic acids is 1. The number of nitrogens with zero attached hydrogens (tertiary/aromatic N) is 1. The summed E-state index contributed by atoms with van der Waals surface area (Å²) in [7, 11) is 0. The largest absolute Gasteiger partial charge is 0.468 e. The van der Waals surface area contributed by atoms with E-state index in [2.05, 4.69) is 0 Å². The highest BCUT2D eigenvalue weighted by Gasteiger charge is 2.21. The summed E-state index contributed by atoms with van der Waals surface area (Å²) in [6.45, 7) is -0.0572. The fraction of sp³-hybridized carbons (Fsp3) is 0.125. The molecular formula is C24H21NO4. The number of para-hydroxylation sites is 1. The molecule has 0 radical (unpaired) electrons. The molecule has 0 bridgehead atoms. The fourth-order valence-corrected chi connectivity index (χ4v) is 3.21. The lowest BCUT2D eigenvalue weighted by Crippen LogP contribution is -2.18.